The van der Waals surface area contributed by atoms with Crippen molar-refractivity contribution in [1.29, 1.82) is 0 Å². The molecule has 0 aromatic heterocycles. The summed E-state index contributed by atoms with van der Waals surface area (Å²) in [5.74, 6) is 0.309. The largest absolute Gasteiger partial charge is 0.507 e. The highest BCUT2D eigenvalue weighted by Crippen LogP contribution is 2.20. The normalized spacial score (nSPS) is 9.75. The van der Waals surface area contributed by atoms with E-state index in [0.717, 1.165) is 22.9 Å². The summed E-state index contributed by atoms with van der Waals surface area (Å²) in [6.45, 7) is 3.60. The molecule has 0 aliphatic heterocycles. The quantitative estimate of drug-likeness (QED) is 0.787. The lowest BCUT2D eigenvalue weighted by atomic mass is 10.1. The zero-order chi connectivity index (χ0) is 8.97. The number of aromatic hydroxyl groups is 1. The lowest BCUT2D eigenvalue weighted by molar-refractivity contribution is 0.473. The van der Waals surface area contributed by atoms with Crippen molar-refractivity contribution in [3.8, 4) is 5.75 Å². The van der Waals surface area contributed by atoms with E-state index in [1.165, 1.54) is 0 Å². The van der Waals surface area contributed by atoms with Gasteiger partial charge in [0.25, 0.3) is 0 Å². The lowest BCUT2D eigenvalue weighted by Crippen LogP contribution is -1.85. The molecule has 0 aliphatic carbocycles. The number of rotatable bonds is 3. The third-order valence-electron chi connectivity index (χ3n) is 1.70. The first kappa shape index (κ1) is 9.33. The second-order valence-corrected chi connectivity index (χ2v) is 3.33. The van der Waals surface area contributed by atoms with Crippen LogP contribution in [0.25, 0.3) is 6.08 Å². The first-order valence-corrected chi connectivity index (χ1v) is 4.90. The molecular formula is C10H11BrO. The number of hydrogen-bond donors (Lipinski definition) is 1. The van der Waals surface area contributed by atoms with Crippen molar-refractivity contribution in [1.82, 2.24) is 0 Å². The summed E-state index contributed by atoms with van der Waals surface area (Å²) in [6, 6.07) is 5.65. The van der Waals surface area contributed by atoms with Gasteiger partial charge in [-0.15, -0.1) is 0 Å². The highest BCUT2D eigenvalue weighted by atomic mass is 79.9. The number of alkyl halides is 1. The Morgan fingerprint density at radius 3 is 2.75 bits per heavy atom. The third-order valence-corrected chi connectivity index (χ3v) is 2.09. The fraction of sp³-hybridized carbons (Fsp3) is 0.200. The number of phenols is 1. The highest BCUT2D eigenvalue weighted by molar-refractivity contribution is 9.09. The van der Waals surface area contributed by atoms with Crippen LogP contribution in [0.4, 0.5) is 0 Å². The Kier molecular flexibility index (Phi) is 3.35. The summed E-state index contributed by atoms with van der Waals surface area (Å²) in [5, 5.41) is 10.3. The molecule has 12 heavy (non-hydrogen) atoms. The van der Waals surface area contributed by atoms with Gasteiger partial charge in [-0.2, -0.15) is 0 Å². The van der Waals surface area contributed by atoms with Crippen molar-refractivity contribution < 1.29 is 5.11 Å². The van der Waals surface area contributed by atoms with Gasteiger partial charge in [0.2, 0.25) is 0 Å². The van der Waals surface area contributed by atoms with Crippen LogP contribution in [-0.2, 0) is 6.42 Å². The molecule has 0 aliphatic rings. The molecule has 1 aromatic rings. The first-order valence-electron chi connectivity index (χ1n) is 3.78. The van der Waals surface area contributed by atoms with Crippen molar-refractivity contribution in [2.45, 2.75) is 6.42 Å². The van der Waals surface area contributed by atoms with E-state index in [1.54, 1.807) is 12.1 Å². The minimum Gasteiger partial charge on any atom is -0.507 e. The number of phenolic OH excluding ortho intramolecular Hbond substituents is 1. The summed E-state index contributed by atoms with van der Waals surface area (Å²) in [5.41, 5.74) is 1.92. The maximum atomic E-state index is 9.43. The minimum absolute atomic E-state index is 0.309. The monoisotopic (exact) mass is 226 g/mol. The van der Waals surface area contributed by atoms with Crippen molar-refractivity contribution in [3.05, 3.63) is 35.9 Å². The fourth-order valence-electron chi connectivity index (χ4n) is 1.03. The predicted octanol–water partition coefficient (Wildman–Crippen LogP) is 2.97. The van der Waals surface area contributed by atoms with Crippen LogP contribution in [0.15, 0.2) is 24.8 Å². The van der Waals surface area contributed by atoms with Crippen LogP contribution in [0.3, 0.4) is 0 Å². The Labute approximate surface area is 80.9 Å². The van der Waals surface area contributed by atoms with E-state index >= 15 is 0 Å². The molecule has 64 valence electrons. The number of halogens is 1. The molecule has 0 atom stereocenters. The Bertz CT molecular complexity index is 281. The van der Waals surface area contributed by atoms with Crippen LogP contribution in [0.2, 0.25) is 0 Å². The smallest absolute Gasteiger partial charge is 0.123 e. The second kappa shape index (κ2) is 4.31. The molecule has 1 aromatic carbocycles. The summed E-state index contributed by atoms with van der Waals surface area (Å²) in [7, 11) is 0. The van der Waals surface area contributed by atoms with Gasteiger partial charge in [-0.25, -0.2) is 0 Å². The van der Waals surface area contributed by atoms with E-state index in [9.17, 15) is 5.11 Å². The second-order valence-electron chi connectivity index (χ2n) is 2.54. The molecule has 0 saturated carbocycles. The van der Waals surface area contributed by atoms with E-state index < -0.39 is 0 Å². The predicted molar refractivity (Wildman–Crippen MR) is 55.7 cm³/mol. The highest BCUT2D eigenvalue weighted by Gasteiger charge is 1.98. The average Bonchev–Trinajstić information content (AvgIpc) is 2.05. The molecule has 0 spiro atoms. The van der Waals surface area contributed by atoms with Crippen molar-refractivity contribution in [2.24, 2.45) is 0 Å². The molecule has 0 unspecified atom stereocenters. The van der Waals surface area contributed by atoms with Gasteiger partial charge < -0.3 is 5.11 Å². The summed E-state index contributed by atoms with van der Waals surface area (Å²) in [4.78, 5) is 0. The molecule has 0 bridgehead atoms. The fourth-order valence-corrected chi connectivity index (χ4v) is 1.48. The number of hydrogen-bond acceptors (Lipinski definition) is 1. The standard InChI is InChI=1S/C10H11BrO/c1-2-9-4-3-8(5-6-11)7-10(9)12/h2-4,7,12H,1,5-6H2. The van der Waals surface area contributed by atoms with Gasteiger partial charge in [0, 0.05) is 10.9 Å². The molecule has 1 N–H and O–H groups in total. The van der Waals surface area contributed by atoms with Gasteiger partial charge >= 0.3 is 0 Å². The number of aryl methyl sites for hydroxylation is 1. The molecule has 2 heteroatoms. The van der Waals surface area contributed by atoms with E-state index in [-0.39, 0.29) is 0 Å². The minimum atomic E-state index is 0.309. The summed E-state index contributed by atoms with van der Waals surface area (Å²) >= 11 is 3.34. The summed E-state index contributed by atoms with van der Waals surface area (Å²) < 4.78 is 0. The van der Waals surface area contributed by atoms with E-state index in [2.05, 4.69) is 22.5 Å². The van der Waals surface area contributed by atoms with Gasteiger partial charge in [0.15, 0.2) is 0 Å². The molecule has 1 nitrogen and oxygen atoms in total. The van der Waals surface area contributed by atoms with Crippen molar-refractivity contribution in [3.63, 3.8) is 0 Å². The Morgan fingerprint density at radius 1 is 1.50 bits per heavy atom. The van der Waals surface area contributed by atoms with Crippen LogP contribution in [0, 0.1) is 0 Å². The maximum absolute atomic E-state index is 9.43. The Morgan fingerprint density at radius 2 is 2.25 bits per heavy atom. The van der Waals surface area contributed by atoms with Crippen LogP contribution in [0.5, 0.6) is 5.75 Å². The van der Waals surface area contributed by atoms with Gasteiger partial charge in [-0.1, -0.05) is 40.7 Å². The van der Waals surface area contributed by atoms with Crippen LogP contribution in [0.1, 0.15) is 11.1 Å². The molecule has 0 amide bonds. The van der Waals surface area contributed by atoms with Gasteiger partial charge in [-0.3, -0.25) is 0 Å². The molecular weight excluding hydrogens is 216 g/mol. The lowest BCUT2D eigenvalue weighted by Gasteiger charge is -2.01. The van der Waals surface area contributed by atoms with E-state index in [4.69, 9.17) is 0 Å². The SMILES string of the molecule is C=Cc1ccc(CCBr)cc1O. The maximum Gasteiger partial charge on any atom is 0.123 e. The van der Waals surface area contributed by atoms with Crippen LogP contribution >= 0.6 is 15.9 Å². The Balaban J connectivity index is 2.93. The zero-order valence-corrected chi connectivity index (χ0v) is 8.34. The van der Waals surface area contributed by atoms with Gasteiger partial charge in [-0.05, 0) is 18.1 Å². The topological polar surface area (TPSA) is 20.2 Å². The van der Waals surface area contributed by atoms with Crippen molar-refractivity contribution >= 4 is 22.0 Å². The summed E-state index contributed by atoms with van der Waals surface area (Å²) in [6.07, 6.45) is 2.58. The van der Waals surface area contributed by atoms with Crippen molar-refractivity contribution in [2.75, 3.05) is 5.33 Å². The molecule has 0 radical (unpaired) electrons. The van der Waals surface area contributed by atoms with E-state index in [1.807, 2.05) is 12.1 Å². The first-order chi connectivity index (χ1) is 5.77. The third kappa shape index (κ3) is 2.11. The van der Waals surface area contributed by atoms with Crippen LogP contribution < -0.4 is 0 Å². The molecule has 0 saturated heterocycles. The number of benzene rings is 1. The molecule has 1 rings (SSSR count). The average molecular weight is 227 g/mol. The molecule has 0 heterocycles. The van der Waals surface area contributed by atoms with Crippen LogP contribution in [-0.4, -0.2) is 10.4 Å². The van der Waals surface area contributed by atoms with Gasteiger partial charge in [0.1, 0.15) is 5.75 Å². The van der Waals surface area contributed by atoms with Gasteiger partial charge in [0.05, 0.1) is 0 Å². The zero-order valence-electron chi connectivity index (χ0n) is 6.76. The molecule has 0 fully saturated rings. The Hall–Kier alpha value is -0.760. The van der Waals surface area contributed by atoms with E-state index in [0.29, 0.717) is 5.75 Å².